The highest BCUT2D eigenvalue weighted by molar-refractivity contribution is 4.85. The molecule has 4 atom stereocenters. The molecule has 0 radical (unpaired) electrons. The molecule has 0 amide bonds. The normalized spacial score (nSPS) is 32.8. The summed E-state index contributed by atoms with van der Waals surface area (Å²) in [5.74, 6) is 2.61. The first-order chi connectivity index (χ1) is 9.31. The SMILES string of the molecule is CCCCCCCC(O)C1CCC2CCCCC2C1. The molecule has 2 fully saturated rings. The fourth-order valence-electron chi connectivity index (χ4n) is 4.45. The molecule has 1 heteroatoms. The monoisotopic (exact) mass is 266 g/mol. The van der Waals surface area contributed by atoms with Crippen molar-refractivity contribution in [2.75, 3.05) is 0 Å². The lowest BCUT2D eigenvalue weighted by atomic mass is 9.66. The van der Waals surface area contributed by atoms with Gasteiger partial charge in [0, 0.05) is 0 Å². The second-order valence-electron chi connectivity index (χ2n) is 7.15. The average molecular weight is 266 g/mol. The molecule has 112 valence electrons. The first-order valence-corrected chi connectivity index (χ1v) is 8.99. The number of fused-ring (bicyclic) bond motifs is 1. The Bertz CT molecular complexity index is 238. The molecule has 2 aliphatic rings. The fraction of sp³-hybridized carbons (Fsp3) is 1.00. The number of aliphatic hydroxyl groups excluding tert-OH is 1. The van der Waals surface area contributed by atoms with Gasteiger partial charge in [-0.15, -0.1) is 0 Å². The van der Waals surface area contributed by atoms with E-state index >= 15 is 0 Å². The van der Waals surface area contributed by atoms with Gasteiger partial charge in [-0.3, -0.25) is 0 Å². The lowest BCUT2D eigenvalue weighted by Gasteiger charge is -2.40. The number of rotatable bonds is 7. The molecule has 2 saturated carbocycles. The predicted octanol–water partition coefficient (Wildman–Crippen LogP) is 5.31. The van der Waals surface area contributed by atoms with Gasteiger partial charge in [0.25, 0.3) is 0 Å². The molecule has 0 saturated heterocycles. The Morgan fingerprint density at radius 1 is 0.895 bits per heavy atom. The molecule has 2 aliphatic carbocycles. The summed E-state index contributed by atoms with van der Waals surface area (Å²) in [5.41, 5.74) is 0. The number of hydrogen-bond donors (Lipinski definition) is 1. The van der Waals surface area contributed by atoms with Crippen molar-refractivity contribution in [3.05, 3.63) is 0 Å². The minimum Gasteiger partial charge on any atom is -0.393 e. The number of aliphatic hydroxyl groups is 1. The Morgan fingerprint density at radius 3 is 2.42 bits per heavy atom. The Morgan fingerprint density at radius 2 is 1.63 bits per heavy atom. The third kappa shape index (κ3) is 4.77. The zero-order valence-electron chi connectivity index (χ0n) is 12.9. The first-order valence-electron chi connectivity index (χ1n) is 8.99. The van der Waals surface area contributed by atoms with Crippen molar-refractivity contribution in [2.24, 2.45) is 17.8 Å². The summed E-state index contributed by atoms with van der Waals surface area (Å²) in [5, 5.41) is 10.4. The summed E-state index contributed by atoms with van der Waals surface area (Å²) in [4.78, 5) is 0. The van der Waals surface area contributed by atoms with Crippen LogP contribution in [0, 0.1) is 17.8 Å². The van der Waals surface area contributed by atoms with Crippen LogP contribution >= 0.6 is 0 Å². The number of hydrogen-bond acceptors (Lipinski definition) is 1. The fourth-order valence-corrected chi connectivity index (χ4v) is 4.45. The van der Waals surface area contributed by atoms with Crippen molar-refractivity contribution >= 4 is 0 Å². The van der Waals surface area contributed by atoms with E-state index in [0.717, 1.165) is 18.3 Å². The van der Waals surface area contributed by atoms with E-state index in [4.69, 9.17) is 0 Å². The van der Waals surface area contributed by atoms with Crippen LogP contribution in [0.2, 0.25) is 0 Å². The lowest BCUT2D eigenvalue weighted by molar-refractivity contribution is 0.0298. The number of unbranched alkanes of at least 4 members (excludes halogenated alkanes) is 4. The van der Waals surface area contributed by atoms with E-state index in [9.17, 15) is 5.11 Å². The maximum absolute atomic E-state index is 10.4. The maximum Gasteiger partial charge on any atom is 0.0568 e. The van der Waals surface area contributed by atoms with Gasteiger partial charge >= 0.3 is 0 Å². The topological polar surface area (TPSA) is 20.2 Å². The van der Waals surface area contributed by atoms with Gasteiger partial charge in [-0.05, 0) is 43.4 Å². The molecular formula is C18H34O. The Balaban J connectivity index is 1.64. The minimum absolute atomic E-state index is 0.00417. The largest absolute Gasteiger partial charge is 0.393 e. The van der Waals surface area contributed by atoms with Crippen LogP contribution in [0.4, 0.5) is 0 Å². The highest BCUT2D eigenvalue weighted by atomic mass is 16.3. The van der Waals surface area contributed by atoms with Crippen molar-refractivity contribution < 1.29 is 5.11 Å². The van der Waals surface area contributed by atoms with Crippen LogP contribution in [0.25, 0.3) is 0 Å². The molecule has 0 aromatic heterocycles. The van der Waals surface area contributed by atoms with Crippen LogP contribution in [-0.2, 0) is 0 Å². The summed E-state index contributed by atoms with van der Waals surface area (Å²) < 4.78 is 0. The zero-order chi connectivity index (χ0) is 13.5. The third-order valence-corrected chi connectivity index (χ3v) is 5.73. The van der Waals surface area contributed by atoms with Gasteiger partial charge < -0.3 is 5.11 Å². The molecule has 0 heterocycles. The Labute approximate surface area is 120 Å². The minimum atomic E-state index is 0.00417. The second-order valence-corrected chi connectivity index (χ2v) is 7.15. The van der Waals surface area contributed by atoms with E-state index in [-0.39, 0.29) is 6.10 Å². The van der Waals surface area contributed by atoms with Crippen molar-refractivity contribution in [1.82, 2.24) is 0 Å². The van der Waals surface area contributed by atoms with Gasteiger partial charge in [0.1, 0.15) is 0 Å². The van der Waals surface area contributed by atoms with E-state index < -0.39 is 0 Å². The summed E-state index contributed by atoms with van der Waals surface area (Å²) >= 11 is 0. The zero-order valence-corrected chi connectivity index (χ0v) is 12.9. The Hall–Kier alpha value is -0.0400. The van der Waals surface area contributed by atoms with E-state index in [1.165, 1.54) is 77.0 Å². The van der Waals surface area contributed by atoms with Gasteiger partial charge in [0.15, 0.2) is 0 Å². The van der Waals surface area contributed by atoms with Crippen LogP contribution < -0.4 is 0 Å². The van der Waals surface area contributed by atoms with Crippen LogP contribution in [-0.4, -0.2) is 11.2 Å². The molecule has 19 heavy (non-hydrogen) atoms. The van der Waals surface area contributed by atoms with Crippen molar-refractivity contribution in [1.29, 1.82) is 0 Å². The quantitative estimate of drug-likeness (QED) is 0.619. The van der Waals surface area contributed by atoms with Crippen LogP contribution in [0.1, 0.15) is 90.4 Å². The molecule has 2 rings (SSSR count). The van der Waals surface area contributed by atoms with Gasteiger partial charge in [-0.2, -0.15) is 0 Å². The summed E-state index contributed by atoms with van der Waals surface area (Å²) in [6.45, 7) is 2.26. The molecule has 0 bridgehead atoms. The van der Waals surface area contributed by atoms with Crippen molar-refractivity contribution in [3.63, 3.8) is 0 Å². The molecule has 1 N–H and O–H groups in total. The molecule has 4 unspecified atom stereocenters. The molecule has 0 aliphatic heterocycles. The van der Waals surface area contributed by atoms with E-state index in [2.05, 4.69) is 6.92 Å². The third-order valence-electron chi connectivity index (χ3n) is 5.73. The van der Waals surface area contributed by atoms with E-state index in [1.54, 1.807) is 0 Å². The van der Waals surface area contributed by atoms with Gasteiger partial charge in [0.05, 0.1) is 6.10 Å². The molecule has 1 nitrogen and oxygen atoms in total. The highest BCUT2D eigenvalue weighted by Gasteiger charge is 2.34. The maximum atomic E-state index is 10.4. The van der Waals surface area contributed by atoms with Gasteiger partial charge in [-0.1, -0.05) is 64.7 Å². The summed E-state index contributed by atoms with van der Waals surface area (Å²) in [7, 11) is 0. The lowest BCUT2D eigenvalue weighted by Crippen LogP contribution is -2.33. The smallest absolute Gasteiger partial charge is 0.0568 e. The van der Waals surface area contributed by atoms with Crippen molar-refractivity contribution in [3.8, 4) is 0 Å². The molecule has 0 aromatic carbocycles. The first kappa shape index (κ1) is 15.4. The van der Waals surface area contributed by atoms with E-state index in [1.807, 2.05) is 0 Å². The van der Waals surface area contributed by atoms with Gasteiger partial charge in [-0.25, -0.2) is 0 Å². The summed E-state index contributed by atoms with van der Waals surface area (Å²) in [6.07, 6.45) is 17.5. The standard InChI is InChI=1S/C18H34O/c1-2-3-4-5-6-11-18(19)17-13-12-15-9-7-8-10-16(15)14-17/h15-19H,2-14H2,1H3. The summed E-state index contributed by atoms with van der Waals surface area (Å²) in [6, 6.07) is 0. The van der Waals surface area contributed by atoms with Crippen LogP contribution in [0.5, 0.6) is 0 Å². The molecule has 0 aromatic rings. The van der Waals surface area contributed by atoms with Gasteiger partial charge in [0.2, 0.25) is 0 Å². The van der Waals surface area contributed by atoms with Crippen LogP contribution in [0.3, 0.4) is 0 Å². The predicted molar refractivity (Wildman–Crippen MR) is 82.2 cm³/mol. The highest BCUT2D eigenvalue weighted by Crippen LogP contribution is 2.44. The molecule has 0 spiro atoms. The van der Waals surface area contributed by atoms with Crippen LogP contribution in [0.15, 0.2) is 0 Å². The molecular weight excluding hydrogens is 232 g/mol. The average Bonchev–Trinajstić information content (AvgIpc) is 2.46. The van der Waals surface area contributed by atoms with Crippen molar-refractivity contribution in [2.45, 2.75) is 96.5 Å². The Kier molecular flexibility index (Phi) is 6.70. The second kappa shape index (κ2) is 8.29. The van der Waals surface area contributed by atoms with E-state index in [0.29, 0.717) is 5.92 Å².